The minimum absolute atomic E-state index is 0.996. The second-order valence-corrected chi connectivity index (χ2v) is 7.63. The molecule has 0 aliphatic heterocycles. The molecule has 0 fully saturated rings. The van der Waals surface area contributed by atoms with Gasteiger partial charge in [-0.05, 0) is 34.1 Å². The normalized spacial score (nSPS) is 11.1. The third-order valence-electron chi connectivity index (χ3n) is 2.23. The summed E-state index contributed by atoms with van der Waals surface area (Å²) in [5.41, 5.74) is 1.10. The lowest BCUT2D eigenvalue weighted by Gasteiger charge is -1.92. The van der Waals surface area contributed by atoms with E-state index in [0.29, 0.717) is 0 Å². The van der Waals surface area contributed by atoms with Crippen LogP contribution in [0.1, 0.15) is 4.88 Å². The van der Waals surface area contributed by atoms with Crippen LogP contribution >= 0.6 is 50.4 Å². The molecule has 0 saturated heterocycles. The number of halogens is 1. The van der Waals surface area contributed by atoms with Gasteiger partial charge in [-0.15, -0.1) is 22.7 Å². The van der Waals surface area contributed by atoms with E-state index in [1.54, 1.807) is 22.7 Å². The lowest BCUT2D eigenvalue weighted by atomic mass is 10.3. The molecule has 1 aromatic carbocycles. The largest absolute Gasteiger partial charge is 0.230 e. The summed E-state index contributed by atoms with van der Waals surface area (Å²) in [5, 5.41) is 2.12. The molecule has 0 unspecified atom stereocenters. The zero-order chi connectivity index (χ0) is 11.7. The highest BCUT2D eigenvalue weighted by molar-refractivity contribution is 9.10. The molecule has 2 heterocycles. The van der Waals surface area contributed by atoms with Gasteiger partial charge >= 0.3 is 0 Å². The van der Waals surface area contributed by atoms with Crippen LogP contribution in [0.25, 0.3) is 10.2 Å². The van der Waals surface area contributed by atoms with E-state index >= 15 is 0 Å². The molecule has 1 nitrogen and oxygen atoms in total. The van der Waals surface area contributed by atoms with Crippen molar-refractivity contribution in [2.45, 2.75) is 10.1 Å². The number of para-hydroxylation sites is 1. The van der Waals surface area contributed by atoms with Gasteiger partial charge in [0, 0.05) is 20.5 Å². The Morgan fingerprint density at radius 2 is 2.18 bits per heavy atom. The van der Waals surface area contributed by atoms with Gasteiger partial charge in [-0.25, -0.2) is 4.98 Å². The predicted molar refractivity (Wildman–Crippen MR) is 81.2 cm³/mol. The maximum Gasteiger partial charge on any atom is 0.151 e. The Balaban J connectivity index is 1.76. The number of aromatic nitrogens is 1. The molecule has 5 heteroatoms. The fourth-order valence-corrected chi connectivity index (χ4v) is 5.05. The summed E-state index contributed by atoms with van der Waals surface area (Å²) in [6, 6.07) is 10.5. The van der Waals surface area contributed by atoms with Crippen molar-refractivity contribution < 1.29 is 0 Å². The van der Waals surface area contributed by atoms with Gasteiger partial charge in [-0.1, -0.05) is 23.9 Å². The first kappa shape index (κ1) is 11.7. The topological polar surface area (TPSA) is 12.9 Å². The number of thioether (sulfide) groups is 1. The zero-order valence-corrected chi connectivity index (χ0v) is 12.8. The number of hydrogen-bond donors (Lipinski definition) is 0. The van der Waals surface area contributed by atoms with E-state index in [1.807, 2.05) is 17.8 Å². The number of hydrogen-bond acceptors (Lipinski definition) is 4. The van der Waals surface area contributed by atoms with Crippen molar-refractivity contribution in [3.8, 4) is 0 Å². The summed E-state index contributed by atoms with van der Waals surface area (Å²) in [6.07, 6.45) is 0. The minimum Gasteiger partial charge on any atom is -0.230 e. The van der Waals surface area contributed by atoms with Crippen LogP contribution in [0, 0.1) is 0 Å². The molecule has 3 aromatic rings. The highest BCUT2D eigenvalue weighted by Gasteiger charge is 2.05. The number of fused-ring (bicyclic) bond motifs is 1. The van der Waals surface area contributed by atoms with Gasteiger partial charge in [0.25, 0.3) is 0 Å². The van der Waals surface area contributed by atoms with E-state index in [-0.39, 0.29) is 0 Å². The molecule has 0 atom stereocenters. The number of rotatable bonds is 3. The maximum atomic E-state index is 4.61. The average Bonchev–Trinajstić information content (AvgIpc) is 2.91. The van der Waals surface area contributed by atoms with Crippen molar-refractivity contribution in [1.29, 1.82) is 0 Å². The van der Waals surface area contributed by atoms with E-state index < -0.39 is 0 Å². The zero-order valence-electron chi connectivity index (χ0n) is 8.72. The Hall–Kier alpha value is -0.360. The number of thiazole rings is 1. The first-order valence-electron chi connectivity index (χ1n) is 5.02. The molecule has 0 bridgehead atoms. The molecule has 0 N–H and O–H groups in total. The molecule has 86 valence electrons. The summed E-state index contributed by atoms with van der Waals surface area (Å²) in [7, 11) is 0. The van der Waals surface area contributed by atoms with Gasteiger partial charge in [0.15, 0.2) is 4.34 Å². The third kappa shape index (κ3) is 2.73. The summed E-state index contributed by atoms with van der Waals surface area (Å²) < 4.78 is 3.58. The van der Waals surface area contributed by atoms with E-state index in [9.17, 15) is 0 Å². The molecule has 0 aliphatic carbocycles. The Labute approximate surface area is 120 Å². The highest BCUT2D eigenvalue weighted by atomic mass is 79.9. The fourth-order valence-electron chi connectivity index (χ4n) is 1.48. The van der Waals surface area contributed by atoms with Crippen LogP contribution in [-0.4, -0.2) is 4.98 Å². The van der Waals surface area contributed by atoms with Gasteiger partial charge in [0.1, 0.15) is 0 Å². The van der Waals surface area contributed by atoms with Crippen LogP contribution in [-0.2, 0) is 5.75 Å². The van der Waals surface area contributed by atoms with Gasteiger partial charge in [-0.2, -0.15) is 0 Å². The van der Waals surface area contributed by atoms with Crippen molar-refractivity contribution in [3.63, 3.8) is 0 Å². The van der Waals surface area contributed by atoms with Crippen molar-refractivity contribution in [2.24, 2.45) is 0 Å². The van der Waals surface area contributed by atoms with E-state index in [1.165, 1.54) is 14.0 Å². The second kappa shape index (κ2) is 5.10. The molecule has 0 amide bonds. The summed E-state index contributed by atoms with van der Waals surface area (Å²) in [5.74, 6) is 0.996. The lowest BCUT2D eigenvalue weighted by Crippen LogP contribution is -1.72. The van der Waals surface area contributed by atoms with E-state index in [4.69, 9.17) is 0 Å². The summed E-state index contributed by atoms with van der Waals surface area (Å²) >= 11 is 8.84. The smallest absolute Gasteiger partial charge is 0.151 e. The fraction of sp³-hybridized carbons (Fsp3) is 0.0833. The van der Waals surface area contributed by atoms with Crippen LogP contribution < -0.4 is 0 Å². The molecule has 0 radical (unpaired) electrons. The van der Waals surface area contributed by atoms with Crippen LogP contribution in [0.2, 0.25) is 0 Å². The van der Waals surface area contributed by atoms with Crippen LogP contribution in [0.5, 0.6) is 0 Å². The lowest BCUT2D eigenvalue weighted by molar-refractivity contribution is 1.30. The number of benzene rings is 1. The van der Waals surface area contributed by atoms with Crippen molar-refractivity contribution in [3.05, 3.63) is 45.1 Å². The average molecular weight is 342 g/mol. The van der Waals surface area contributed by atoms with Crippen molar-refractivity contribution >= 4 is 60.6 Å². The number of thiophene rings is 1. The Morgan fingerprint density at radius 1 is 1.29 bits per heavy atom. The Bertz CT molecular complexity index is 611. The highest BCUT2D eigenvalue weighted by Crippen LogP contribution is 2.33. The Kier molecular flexibility index (Phi) is 3.51. The predicted octanol–water partition coefficient (Wildman–Crippen LogP) is 5.41. The summed E-state index contributed by atoms with van der Waals surface area (Å²) in [4.78, 5) is 5.99. The molecule has 17 heavy (non-hydrogen) atoms. The first-order chi connectivity index (χ1) is 8.31. The quantitative estimate of drug-likeness (QED) is 0.590. The third-order valence-corrected chi connectivity index (χ3v) is 6.34. The van der Waals surface area contributed by atoms with Gasteiger partial charge in [0.05, 0.1) is 10.2 Å². The van der Waals surface area contributed by atoms with E-state index in [0.717, 1.165) is 15.6 Å². The van der Waals surface area contributed by atoms with E-state index in [2.05, 4.69) is 50.6 Å². The van der Waals surface area contributed by atoms with Crippen LogP contribution in [0.4, 0.5) is 0 Å². The monoisotopic (exact) mass is 341 g/mol. The molecular formula is C12H8BrNS3. The van der Waals surface area contributed by atoms with Crippen molar-refractivity contribution in [2.75, 3.05) is 0 Å². The Morgan fingerprint density at radius 3 is 2.94 bits per heavy atom. The van der Waals surface area contributed by atoms with Gasteiger partial charge < -0.3 is 0 Å². The van der Waals surface area contributed by atoms with Crippen molar-refractivity contribution in [1.82, 2.24) is 4.98 Å². The van der Waals surface area contributed by atoms with Gasteiger partial charge in [0.2, 0.25) is 0 Å². The number of nitrogens with zero attached hydrogens (tertiary/aromatic N) is 1. The molecule has 2 aromatic heterocycles. The second-order valence-electron chi connectivity index (χ2n) is 3.47. The molecular weight excluding hydrogens is 334 g/mol. The molecule has 0 aliphatic rings. The standard InChI is InChI=1S/C12H8BrNS3/c13-8-5-9(15-6-8)7-16-12-14-10-3-1-2-4-11(10)17-12/h1-6H,7H2. The SMILES string of the molecule is Brc1csc(CSc2nc3ccccc3s2)c1. The maximum absolute atomic E-state index is 4.61. The molecule has 3 rings (SSSR count). The van der Waals surface area contributed by atoms with Crippen LogP contribution in [0.15, 0.2) is 44.5 Å². The molecule has 0 spiro atoms. The van der Waals surface area contributed by atoms with Gasteiger partial charge in [-0.3, -0.25) is 0 Å². The first-order valence-corrected chi connectivity index (χ1v) is 8.50. The molecule has 0 saturated carbocycles. The summed E-state index contributed by atoms with van der Waals surface area (Å²) in [6.45, 7) is 0. The minimum atomic E-state index is 0.996. The van der Waals surface area contributed by atoms with Crippen LogP contribution in [0.3, 0.4) is 0 Å².